The Hall–Kier alpha value is -0.120. The van der Waals surface area contributed by atoms with Crippen molar-refractivity contribution in [3.05, 3.63) is 0 Å². The molecule has 15 heavy (non-hydrogen) atoms. The lowest BCUT2D eigenvalue weighted by Crippen LogP contribution is -2.62. The SMILES string of the molecule is CCC1(CC)CN(C2CNC[C@@H]2OC)C1. The summed E-state index contributed by atoms with van der Waals surface area (Å²) in [5.41, 5.74) is 0.612. The predicted octanol–water partition coefficient (Wildman–Crippen LogP) is 1.10. The highest BCUT2D eigenvalue weighted by Crippen LogP contribution is 2.39. The Bertz CT molecular complexity index is 208. The van der Waals surface area contributed by atoms with Crippen molar-refractivity contribution in [2.45, 2.75) is 38.8 Å². The molecule has 2 fully saturated rings. The van der Waals surface area contributed by atoms with E-state index in [1.54, 1.807) is 0 Å². The summed E-state index contributed by atoms with van der Waals surface area (Å²) in [6.45, 7) is 9.30. The number of hydrogen-bond acceptors (Lipinski definition) is 3. The number of hydrogen-bond donors (Lipinski definition) is 1. The number of methoxy groups -OCH3 is 1. The van der Waals surface area contributed by atoms with E-state index < -0.39 is 0 Å². The summed E-state index contributed by atoms with van der Waals surface area (Å²) in [4.78, 5) is 2.60. The molecule has 3 heteroatoms. The highest BCUT2D eigenvalue weighted by atomic mass is 16.5. The largest absolute Gasteiger partial charge is 0.378 e. The minimum Gasteiger partial charge on any atom is -0.378 e. The molecule has 2 aliphatic heterocycles. The van der Waals surface area contributed by atoms with Crippen LogP contribution in [0.3, 0.4) is 0 Å². The second-order valence-corrected chi connectivity index (χ2v) is 5.11. The second kappa shape index (κ2) is 4.40. The first kappa shape index (κ1) is 11.4. The topological polar surface area (TPSA) is 24.5 Å². The van der Waals surface area contributed by atoms with E-state index in [9.17, 15) is 0 Å². The van der Waals surface area contributed by atoms with Crippen LogP contribution in [0.2, 0.25) is 0 Å². The minimum atomic E-state index is 0.400. The third-order valence-electron chi connectivity index (χ3n) is 4.48. The highest BCUT2D eigenvalue weighted by molar-refractivity contribution is 5.00. The highest BCUT2D eigenvalue weighted by Gasteiger charge is 2.45. The Labute approximate surface area is 93.2 Å². The molecule has 0 aliphatic carbocycles. The van der Waals surface area contributed by atoms with Gasteiger partial charge < -0.3 is 10.1 Å². The summed E-state index contributed by atoms with van der Waals surface area (Å²) in [5.74, 6) is 0. The molecule has 0 bridgehead atoms. The fraction of sp³-hybridized carbons (Fsp3) is 1.00. The van der Waals surface area contributed by atoms with Crippen LogP contribution in [0.25, 0.3) is 0 Å². The number of nitrogens with zero attached hydrogens (tertiary/aromatic N) is 1. The summed E-state index contributed by atoms with van der Waals surface area (Å²) < 4.78 is 5.51. The lowest BCUT2D eigenvalue weighted by molar-refractivity contribution is -0.0666. The molecule has 88 valence electrons. The molecule has 0 saturated carbocycles. The van der Waals surface area contributed by atoms with Crippen LogP contribution < -0.4 is 5.32 Å². The Kier molecular flexibility index (Phi) is 3.33. The van der Waals surface area contributed by atoms with Crippen LogP contribution in [0.1, 0.15) is 26.7 Å². The zero-order valence-electron chi connectivity index (χ0n) is 10.3. The van der Waals surface area contributed by atoms with E-state index in [0.29, 0.717) is 17.6 Å². The molecule has 3 nitrogen and oxygen atoms in total. The van der Waals surface area contributed by atoms with E-state index in [2.05, 4.69) is 24.1 Å². The lowest BCUT2D eigenvalue weighted by atomic mass is 9.74. The summed E-state index contributed by atoms with van der Waals surface area (Å²) in [7, 11) is 1.83. The van der Waals surface area contributed by atoms with Crippen molar-refractivity contribution in [3.8, 4) is 0 Å². The third kappa shape index (κ3) is 1.93. The summed E-state index contributed by atoms with van der Waals surface area (Å²) >= 11 is 0. The summed E-state index contributed by atoms with van der Waals surface area (Å²) in [6, 6.07) is 0.612. The van der Waals surface area contributed by atoms with E-state index in [0.717, 1.165) is 13.1 Å². The number of ether oxygens (including phenoxy) is 1. The third-order valence-corrected chi connectivity index (χ3v) is 4.48. The molecule has 0 radical (unpaired) electrons. The van der Waals surface area contributed by atoms with Gasteiger partial charge in [0.25, 0.3) is 0 Å². The normalized spacial score (nSPS) is 35.4. The smallest absolute Gasteiger partial charge is 0.0862 e. The number of nitrogens with one attached hydrogen (secondary N) is 1. The first-order valence-corrected chi connectivity index (χ1v) is 6.22. The van der Waals surface area contributed by atoms with Crippen LogP contribution in [0.15, 0.2) is 0 Å². The maximum Gasteiger partial charge on any atom is 0.0862 e. The van der Waals surface area contributed by atoms with Gasteiger partial charge >= 0.3 is 0 Å². The van der Waals surface area contributed by atoms with Crippen molar-refractivity contribution in [3.63, 3.8) is 0 Å². The molecule has 2 aliphatic rings. The minimum absolute atomic E-state index is 0.400. The van der Waals surface area contributed by atoms with Crippen molar-refractivity contribution in [2.75, 3.05) is 33.3 Å². The fourth-order valence-electron chi connectivity index (χ4n) is 2.99. The van der Waals surface area contributed by atoms with Crippen molar-refractivity contribution < 1.29 is 4.74 Å². The Morgan fingerprint density at radius 2 is 1.93 bits per heavy atom. The molecule has 2 saturated heterocycles. The quantitative estimate of drug-likeness (QED) is 0.755. The number of rotatable bonds is 4. The van der Waals surface area contributed by atoms with Crippen LogP contribution in [-0.2, 0) is 4.74 Å². The van der Waals surface area contributed by atoms with Crippen LogP contribution in [0.5, 0.6) is 0 Å². The van der Waals surface area contributed by atoms with E-state index in [4.69, 9.17) is 4.74 Å². The zero-order valence-corrected chi connectivity index (χ0v) is 10.3. The molecular weight excluding hydrogens is 188 g/mol. The molecule has 1 N–H and O–H groups in total. The van der Waals surface area contributed by atoms with E-state index >= 15 is 0 Å². The Morgan fingerprint density at radius 1 is 1.27 bits per heavy atom. The summed E-state index contributed by atoms with van der Waals surface area (Å²) in [5, 5.41) is 3.42. The number of likely N-dealkylation sites (tertiary alicyclic amines) is 1. The Morgan fingerprint density at radius 3 is 2.47 bits per heavy atom. The van der Waals surface area contributed by atoms with Crippen molar-refractivity contribution >= 4 is 0 Å². The fourth-order valence-corrected chi connectivity index (χ4v) is 2.99. The van der Waals surface area contributed by atoms with Gasteiger partial charge in [-0.2, -0.15) is 0 Å². The zero-order chi connectivity index (χ0) is 10.9. The maximum atomic E-state index is 5.51. The average molecular weight is 212 g/mol. The molecule has 2 rings (SSSR count). The molecule has 0 spiro atoms. The van der Waals surface area contributed by atoms with Crippen LogP contribution in [0.4, 0.5) is 0 Å². The van der Waals surface area contributed by atoms with E-state index in [-0.39, 0.29) is 0 Å². The average Bonchev–Trinajstić information content (AvgIpc) is 2.66. The van der Waals surface area contributed by atoms with Gasteiger partial charge in [-0.05, 0) is 18.3 Å². The van der Waals surface area contributed by atoms with Gasteiger partial charge in [0.15, 0.2) is 0 Å². The predicted molar refractivity (Wildman–Crippen MR) is 62.0 cm³/mol. The van der Waals surface area contributed by atoms with Crippen molar-refractivity contribution in [2.24, 2.45) is 5.41 Å². The van der Waals surface area contributed by atoms with Crippen molar-refractivity contribution in [1.82, 2.24) is 10.2 Å². The molecule has 2 atom stereocenters. The molecule has 0 amide bonds. The van der Waals surface area contributed by atoms with E-state index in [1.807, 2.05) is 7.11 Å². The molecule has 0 aromatic carbocycles. The molecule has 2 heterocycles. The van der Waals surface area contributed by atoms with Crippen LogP contribution >= 0.6 is 0 Å². The maximum absolute atomic E-state index is 5.51. The standard InChI is InChI=1S/C12H24N2O/c1-4-12(5-2)8-14(9-12)10-6-13-7-11(10)15-3/h10-11,13H,4-9H2,1-3H3/t10?,11-/m0/s1. The first-order chi connectivity index (χ1) is 7.24. The monoisotopic (exact) mass is 212 g/mol. The molecule has 0 aromatic rings. The van der Waals surface area contributed by atoms with Crippen LogP contribution in [0, 0.1) is 5.41 Å². The summed E-state index contributed by atoms with van der Waals surface area (Å²) in [6.07, 6.45) is 3.03. The Balaban J connectivity index is 1.88. The van der Waals surface area contributed by atoms with Crippen molar-refractivity contribution in [1.29, 1.82) is 0 Å². The van der Waals surface area contributed by atoms with Crippen LogP contribution in [-0.4, -0.2) is 50.3 Å². The molecule has 1 unspecified atom stereocenters. The molecular formula is C12H24N2O. The van der Waals surface area contributed by atoms with Gasteiger partial charge in [-0.3, -0.25) is 4.90 Å². The van der Waals surface area contributed by atoms with Gasteiger partial charge in [0.05, 0.1) is 6.10 Å². The lowest BCUT2D eigenvalue weighted by Gasteiger charge is -2.53. The van der Waals surface area contributed by atoms with Gasteiger partial charge in [0, 0.05) is 39.3 Å². The van der Waals surface area contributed by atoms with E-state index in [1.165, 1.54) is 25.9 Å². The first-order valence-electron chi connectivity index (χ1n) is 6.22. The van der Waals surface area contributed by atoms with Gasteiger partial charge in [-0.15, -0.1) is 0 Å². The molecule has 0 aromatic heterocycles. The van der Waals surface area contributed by atoms with Gasteiger partial charge in [-0.25, -0.2) is 0 Å². The van der Waals surface area contributed by atoms with Gasteiger partial charge in [0.1, 0.15) is 0 Å². The van der Waals surface area contributed by atoms with Gasteiger partial charge in [-0.1, -0.05) is 13.8 Å². The van der Waals surface area contributed by atoms with Gasteiger partial charge in [0.2, 0.25) is 0 Å². The second-order valence-electron chi connectivity index (χ2n) is 5.11.